The van der Waals surface area contributed by atoms with Crippen molar-refractivity contribution in [3.63, 3.8) is 0 Å². The number of alkyl halides is 3. The van der Waals surface area contributed by atoms with E-state index in [4.69, 9.17) is 0 Å². The SMILES string of the molecule is Cc1cc(C)n(-c2ccc(CNC(=O)CCCNC(=O)c3ccsc3)c(C(F)(F)F)c2)n1. The van der Waals surface area contributed by atoms with Crippen molar-refractivity contribution < 1.29 is 22.8 Å². The summed E-state index contributed by atoms with van der Waals surface area (Å²) in [6.07, 6.45) is -4.10. The maximum atomic E-state index is 13.6. The molecule has 3 aromatic rings. The molecule has 1 aromatic carbocycles. The number of amides is 2. The van der Waals surface area contributed by atoms with Crippen LogP contribution in [-0.4, -0.2) is 28.1 Å². The lowest BCUT2D eigenvalue weighted by atomic mass is 10.1. The number of hydrogen-bond donors (Lipinski definition) is 2. The Morgan fingerprint density at radius 2 is 1.91 bits per heavy atom. The summed E-state index contributed by atoms with van der Waals surface area (Å²) in [6, 6.07) is 7.43. The Morgan fingerprint density at radius 1 is 1.12 bits per heavy atom. The maximum Gasteiger partial charge on any atom is 0.416 e. The standard InChI is InChI=1S/C22H23F3N4O2S/c1-14-10-15(2)29(28-14)18-6-5-16(19(11-18)22(23,24)25)12-27-20(30)4-3-8-26-21(31)17-7-9-32-13-17/h5-7,9-11,13H,3-4,8,12H2,1-2H3,(H,26,31)(H,27,30). The van der Waals surface area contributed by atoms with Crippen LogP contribution in [0.5, 0.6) is 0 Å². The van der Waals surface area contributed by atoms with Crippen LogP contribution < -0.4 is 10.6 Å². The van der Waals surface area contributed by atoms with Gasteiger partial charge in [-0.05, 0) is 55.5 Å². The van der Waals surface area contributed by atoms with Crippen molar-refractivity contribution in [3.05, 3.63) is 69.2 Å². The summed E-state index contributed by atoms with van der Waals surface area (Å²) >= 11 is 1.41. The third-order valence-corrected chi connectivity index (χ3v) is 5.46. The Bertz CT molecular complexity index is 1090. The molecule has 170 valence electrons. The van der Waals surface area contributed by atoms with Crippen molar-refractivity contribution in [2.24, 2.45) is 0 Å². The lowest BCUT2D eigenvalue weighted by Gasteiger charge is -2.16. The topological polar surface area (TPSA) is 76.0 Å². The zero-order valence-corrected chi connectivity index (χ0v) is 18.4. The average Bonchev–Trinajstić information content (AvgIpc) is 3.38. The fourth-order valence-electron chi connectivity index (χ4n) is 3.23. The van der Waals surface area contributed by atoms with E-state index in [1.807, 2.05) is 0 Å². The molecule has 0 aliphatic rings. The van der Waals surface area contributed by atoms with Gasteiger partial charge >= 0.3 is 6.18 Å². The Labute approximate surface area is 187 Å². The van der Waals surface area contributed by atoms with Gasteiger partial charge in [-0.1, -0.05) is 6.07 Å². The first-order valence-corrected chi connectivity index (χ1v) is 10.9. The van der Waals surface area contributed by atoms with Crippen LogP contribution in [0.25, 0.3) is 5.69 Å². The number of hydrogen-bond acceptors (Lipinski definition) is 4. The van der Waals surface area contributed by atoms with Crippen molar-refractivity contribution >= 4 is 23.2 Å². The second-order valence-corrected chi connectivity index (χ2v) is 8.11. The molecule has 3 rings (SSSR count). The summed E-state index contributed by atoms with van der Waals surface area (Å²) in [5.74, 6) is -0.602. The quantitative estimate of drug-likeness (QED) is 0.486. The van der Waals surface area contributed by atoms with Crippen LogP contribution in [0.2, 0.25) is 0 Å². The monoisotopic (exact) mass is 464 g/mol. The van der Waals surface area contributed by atoms with Crippen LogP contribution >= 0.6 is 11.3 Å². The molecule has 2 amide bonds. The minimum atomic E-state index is -4.57. The van der Waals surface area contributed by atoms with Crippen LogP contribution in [0.4, 0.5) is 13.2 Å². The minimum Gasteiger partial charge on any atom is -0.352 e. The Balaban J connectivity index is 1.57. The largest absolute Gasteiger partial charge is 0.416 e. The smallest absolute Gasteiger partial charge is 0.352 e. The first kappa shape index (κ1) is 23.5. The van der Waals surface area contributed by atoms with E-state index >= 15 is 0 Å². The average molecular weight is 465 g/mol. The molecule has 0 saturated carbocycles. The van der Waals surface area contributed by atoms with Gasteiger partial charge in [-0.25, -0.2) is 4.68 Å². The molecule has 0 saturated heterocycles. The van der Waals surface area contributed by atoms with E-state index < -0.39 is 11.7 Å². The van der Waals surface area contributed by atoms with Gasteiger partial charge in [0.25, 0.3) is 5.91 Å². The molecule has 0 aliphatic heterocycles. The molecule has 2 N–H and O–H groups in total. The number of benzene rings is 1. The van der Waals surface area contributed by atoms with E-state index in [1.165, 1.54) is 22.1 Å². The lowest BCUT2D eigenvalue weighted by molar-refractivity contribution is -0.138. The highest BCUT2D eigenvalue weighted by atomic mass is 32.1. The number of rotatable bonds is 8. The van der Waals surface area contributed by atoms with E-state index in [-0.39, 0.29) is 30.3 Å². The Hall–Kier alpha value is -3.14. The summed E-state index contributed by atoms with van der Waals surface area (Å²) in [6.45, 7) is 3.59. The predicted octanol–water partition coefficient (Wildman–Crippen LogP) is 4.40. The third-order valence-electron chi connectivity index (χ3n) is 4.78. The van der Waals surface area contributed by atoms with Gasteiger partial charge in [0.1, 0.15) is 0 Å². The number of nitrogens with one attached hydrogen (secondary N) is 2. The highest BCUT2D eigenvalue weighted by molar-refractivity contribution is 7.08. The number of carbonyl (C=O) groups excluding carboxylic acids is 2. The minimum absolute atomic E-state index is 0.0260. The van der Waals surface area contributed by atoms with Crippen LogP contribution in [-0.2, 0) is 17.5 Å². The van der Waals surface area contributed by atoms with Crippen molar-refractivity contribution in [1.82, 2.24) is 20.4 Å². The molecule has 0 unspecified atom stereocenters. The first-order chi connectivity index (χ1) is 15.1. The van der Waals surface area contributed by atoms with E-state index in [0.717, 1.165) is 11.8 Å². The Kier molecular flexibility index (Phi) is 7.34. The van der Waals surface area contributed by atoms with Gasteiger partial charge in [0.15, 0.2) is 0 Å². The molecule has 32 heavy (non-hydrogen) atoms. The van der Waals surface area contributed by atoms with Crippen LogP contribution in [0.1, 0.15) is 45.7 Å². The van der Waals surface area contributed by atoms with Gasteiger partial charge in [0.2, 0.25) is 5.91 Å². The highest BCUT2D eigenvalue weighted by Gasteiger charge is 2.34. The normalized spacial score (nSPS) is 11.4. The zero-order valence-electron chi connectivity index (χ0n) is 17.6. The summed E-state index contributed by atoms with van der Waals surface area (Å²) < 4.78 is 42.4. The summed E-state index contributed by atoms with van der Waals surface area (Å²) in [4.78, 5) is 23.9. The van der Waals surface area contributed by atoms with Crippen LogP contribution in [0, 0.1) is 13.8 Å². The number of halogens is 3. The van der Waals surface area contributed by atoms with Gasteiger partial charge < -0.3 is 10.6 Å². The molecule has 6 nitrogen and oxygen atoms in total. The summed E-state index contributed by atoms with van der Waals surface area (Å²) in [7, 11) is 0. The molecule has 2 heterocycles. The maximum absolute atomic E-state index is 13.6. The van der Waals surface area contributed by atoms with Crippen LogP contribution in [0.15, 0.2) is 41.1 Å². The van der Waals surface area contributed by atoms with Crippen molar-refractivity contribution in [2.75, 3.05) is 6.54 Å². The molecular formula is C22H23F3N4O2S. The van der Waals surface area contributed by atoms with Gasteiger partial charge in [-0.2, -0.15) is 29.6 Å². The van der Waals surface area contributed by atoms with E-state index in [2.05, 4.69) is 15.7 Å². The summed E-state index contributed by atoms with van der Waals surface area (Å²) in [5, 5.41) is 13.0. The fourth-order valence-corrected chi connectivity index (χ4v) is 3.87. The number of thiophene rings is 1. The molecule has 0 aliphatic carbocycles. The number of nitrogens with zero attached hydrogens (tertiary/aromatic N) is 2. The zero-order chi connectivity index (χ0) is 23.3. The van der Waals surface area contributed by atoms with Crippen molar-refractivity contribution in [3.8, 4) is 5.69 Å². The van der Waals surface area contributed by atoms with Crippen molar-refractivity contribution in [1.29, 1.82) is 0 Å². The number of carbonyl (C=O) groups is 2. The van der Waals surface area contributed by atoms with Crippen molar-refractivity contribution in [2.45, 2.75) is 39.4 Å². The van der Waals surface area contributed by atoms with Gasteiger partial charge in [-0.15, -0.1) is 0 Å². The molecule has 0 spiro atoms. The van der Waals surface area contributed by atoms with Gasteiger partial charge in [0, 0.05) is 36.1 Å². The molecule has 0 atom stereocenters. The number of aromatic nitrogens is 2. The lowest BCUT2D eigenvalue weighted by Crippen LogP contribution is -2.27. The highest BCUT2D eigenvalue weighted by Crippen LogP contribution is 2.33. The van der Waals surface area contributed by atoms with Gasteiger partial charge in [-0.3, -0.25) is 9.59 Å². The molecule has 10 heteroatoms. The van der Waals surface area contributed by atoms with E-state index in [1.54, 1.807) is 42.8 Å². The number of aryl methyl sites for hydroxylation is 2. The third kappa shape index (κ3) is 5.97. The Morgan fingerprint density at radius 3 is 2.53 bits per heavy atom. The van der Waals surface area contributed by atoms with Crippen LogP contribution in [0.3, 0.4) is 0 Å². The summed E-state index contributed by atoms with van der Waals surface area (Å²) in [5.41, 5.74) is 1.46. The molecule has 0 fully saturated rings. The second kappa shape index (κ2) is 9.99. The van der Waals surface area contributed by atoms with E-state index in [0.29, 0.717) is 29.9 Å². The van der Waals surface area contributed by atoms with E-state index in [9.17, 15) is 22.8 Å². The molecular weight excluding hydrogens is 441 g/mol. The molecule has 0 radical (unpaired) electrons. The fraction of sp³-hybridized carbons (Fsp3) is 0.318. The second-order valence-electron chi connectivity index (χ2n) is 7.33. The first-order valence-electron chi connectivity index (χ1n) is 9.96. The van der Waals surface area contributed by atoms with Gasteiger partial charge in [0.05, 0.1) is 16.9 Å². The molecule has 0 bridgehead atoms. The molecule has 2 aromatic heterocycles. The predicted molar refractivity (Wildman–Crippen MR) is 116 cm³/mol.